The van der Waals surface area contributed by atoms with E-state index >= 15 is 0 Å². The van der Waals surface area contributed by atoms with Crippen molar-refractivity contribution < 1.29 is 19.1 Å². The molecule has 1 unspecified atom stereocenters. The Balaban J connectivity index is 2.20. The first-order chi connectivity index (χ1) is 10.0. The second kappa shape index (κ2) is 4.77. The molecule has 1 heterocycles. The summed E-state index contributed by atoms with van der Waals surface area (Å²) in [6.45, 7) is 1.71. The molecule has 0 saturated heterocycles. The smallest absolute Gasteiger partial charge is 0.306 e. The number of aromatic nitrogens is 1. The Labute approximate surface area is 120 Å². The molecule has 1 atom stereocenters. The maximum atomic E-state index is 12.6. The van der Waals surface area contributed by atoms with Crippen molar-refractivity contribution in [3.63, 3.8) is 0 Å². The summed E-state index contributed by atoms with van der Waals surface area (Å²) in [5, 5.41) is 0.656. The van der Waals surface area contributed by atoms with Crippen LogP contribution in [0.15, 0.2) is 24.3 Å². The molecule has 21 heavy (non-hydrogen) atoms. The molecule has 0 radical (unpaired) electrons. The molecule has 0 amide bonds. The summed E-state index contributed by atoms with van der Waals surface area (Å²) in [6.07, 6.45) is -0.226. The van der Waals surface area contributed by atoms with Gasteiger partial charge in [0.05, 0.1) is 30.5 Å². The van der Waals surface area contributed by atoms with Crippen LogP contribution in [0.1, 0.15) is 32.8 Å². The van der Waals surface area contributed by atoms with Crippen LogP contribution < -0.4 is 0 Å². The number of hydrogen-bond donors (Lipinski definition) is 0. The average Bonchev–Trinajstić information content (AvgIpc) is 2.73. The Morgan fingerprint density at radius 3 is 2.57 bits per heavy atom. The molecule has 0 bridgehead atoms. The fourth-order valence-corrected chi connectivity index (χ4v) is 2.80. The van der Waals surface area contributed by atoms with Gasteiger partial charge in [0.15, 0.2) is 11.6 Å². The van der Waals surface area contributed by atoms with Crippen molar-refractivity contribution in [3.05, 3.63) is 41.1 Å². The lowest BCUT2D eigenvalue weighted by molar-refractivity contribution is -0.141. The number of ether oxygens (including phenoxy) is 1. The van der Waals surface area contributed by atoms with Crippen LogP contribution in [0.2, 0.25) is 0 Å². The topological polar surface area (TPSA) is 73.3 Å². The molecule has 0 spiro atoms. The first-order valence-corrected chi connectivity index (χ1v) is 6.59. The van der Waals surface area contributed by atoms with Crippen LogP contribution in [0.3, 0.4) is 0 Å². The monoisotopic (exact) mass is 283 g/mol. The Kier molecular flexibility index (Phi) is 3.05. The lowest BCUT2D eigenvalue weighted by atomic mass is 9.99. The van der Waals surface area contributed by atoms with Gasteiger partial charge in [-0.05, 0) is 13.0 Å². The molecule has 0 aliphatic heterocycles. The fraction of sp³-hybridized carbons (Fsp3) is 0.250. The number of pyridine rings is 1. The maximum absolute atomic E-state index is 12.6. The summed E-state index contributed by atoms with van der Waals surface area (Å²) in [6, 6.07) is 7.19. The fourth-order valence-electron chi connectivity index (χ4n) is 2.80. The van der Waals surface area contributed by atoms with Crippen molar-refractivity contribution in [2.24, 2.45) is 5.92 Å². The van der Waals surface area contributed by atoms with E-state index in [1.54, 1.807) is 25.1 Å². The Morgan fingerprint density at radius 1 is 1.19 bits per heavy atom. The minimum atomic E-state index is -0.987. The number of benzene rings is 1. The molecule has 1 aromatic heterocycles. The van der Waals surface area contributed by atoms with Crippen molar-refractivity contribution in [1.82, 2.24) is 4.98 Å². The van der Waals surface area contributed by atoms with Crippen molar-refractivity contribution >= 4 is 28.4 Å². The van der Waals surface area contributed by atoms with E-state index in [9.17, 15) is 14.4 Å². The first-order valence-electron chi connectivity index (χ1n) is 6.59. The van der Waals surface area contributed by atoms with E-state index < -0.39 is 11.9 Å². The number of hydrogen-bond acceptors (Lipinski definition) is 5. The van der Waals surface area contributed by atoms with Crippen molar-refractivity contribution in [2.45, 2.75) is 13.3 Å². The number of esters is 1. The minimum absolute atomic E-state index is 0.226. The second-order valence-electron chi connectivity index (χ2n) is 5.03. The number of methoxy groups -OCH3 is 1. The van der Waals surface area contributed by atoms with Gasteiger partial charge in [-0.3, -0.25) is 19.4 Å². The van der Waals surface area contributed by atoms with Gasteiger partial charge < -0.3 is 4.74 Å². The van der Waals surface area contributed by atoms with Gasteiger partial charge in [0.25, 0.3) is 0 Å². The molecule has 1 aliphatic rings. The Hall–Kier alpha value is -2.56. The highest BCUT2D eigenvalue weighted by molar-refractivity contribution is 6.31. The molecule has 2 aromatic rings. The third-order valence-electron chi connectivity index (χ3n) is 3.80. The van der Waals surface area contributed by atoms with Gasteiger partial charge in [0.1, 0.15) is 0 Å². The van der Waals surface area contributed by atoms with Crippen LogP contribution in [-0.4, -0.2) is 29.6 Å². The lowest BCUT2D eigenvalue weighted by Crippen LogP contribution is -2.20. The zero-order chi connectivity index (χ0) is 15.1. The highest BCUT2D eigenvalue weighted by Gasteiger charge is 2.42. The largest absolute Gasteiger partial charge is 0.469 e. The standard InChI is InChI=1S/C16H13NO4/c1-8-13-14(9-5-3-4-6-11(9)17-8)16(20)10(15(13)19)7-12(18)21-2/h3-6,10H,7H2,1-2H3. The van der Waals surface area contributed by atoms with Gasteiger partial charge in [0, 0.05) is 16.6 Å². The van der Waals surface area contributed by atoms with Gasteiger partial charge in [-0.25, -0.2) is 0 Å². The third-order valence-corrected chi connectivity index (χ3v) is 3.80. The number of nitrogens with zero attached hydrogens (tertiary/aromatic N) is 1. The van der Waals surface area contributed by atoms with Crippen LogP contribution in [0, 0.1) is 12.8 Å². The predicted octanol–water partition coefficient (Wildman–Crippen LogP) is 2.10. The van der Waals surface area contributed by atoms with Gasteiger partial charge in [0.2, 0.25) is 0 Å². The number of rotatable bonds is 2. The number of ketones is 2. The number of aryl methyl sites for hydroxylation is 1. The molecule has 0 saturated carbocycles. The van der Waals surface area contributed by atoms with Gasteiger partial charge >= 0.3 is 5.97 Å². The summed E-state index contributed by atoms with van der Waals surface area (Å²) in [7, 11) is 1.24. The second-order valence-corrected chi connectivity index (χ2v) is 5.03. The van der Waals surface area contributed by atoms with Crippen LogP contribution >= 0.6 is 0 Å². The summed E-state index contributed by atoms with van der Waals surface area (Å²) >= 11 is 0. The molecular formula is C16H13NO4. The first kappa shape index (κ1) is 13.4. The number of carbonyl (C=O) groups is 3. The molecule has 0 N–H and O–H groups in total. The highest BCUT2D eigenvalue weighted by atomic mass is 16.5. The normalized spacial score (nSPS) is 17.1. The molecule has 5 heteroatoms. The molecule has 106 valence electrons. The van der Waals surface area contributed by atoms with Crippen LogP contribution in [0.25, 0.3) is 10.9 Å². The molecule has 5 nitrogen and oxygen atoms in total. The Bertz CT molecular complexity index is 794. The molecule has 1 aromatic carbocycles. The average molecular weight is 283 g/mol. The number of Topliss-reactive ketones (excluding diaryl/α,β-unsaturated/α-hetero) is 2. The SMILES string of the molecule is COC(=O)CC1C(=O)c2c(C)nc3ccccc3c2C1=O. The van der Waals surface area contributed by atoms with E-state index in [0.29, 0.717) is 27.7 Å². The third kappa shape index (κ3) is 1.93. The van der Waals surface area contributed by atoms with Gasteiger partial charge in [-0.15, -0.1) is 0 Å². The van der Waals surface area contributed by atoms with E-state index in [1.807, 2.05) is 6.07 Å². The van der Waals surface area contributed by atoms with Crippen LogP contribution in [0.4, 0.5) is 0 Å². The van der Waals surface area contributed by atoms with Crippen molar-refractivity contribution in [1.29, 1.82) is 0 Å². The maximum Gasteiger partial charge on any atom is 0.306 e. The van der Waals surface area contributed by atoms with E-state index in [4.69, 9.17) is 0 Å². The molecule has 1 aliphatic carbocycles. The van der Waals surface area contributed by atoms with Gasteiger partial charge in [-0.2, -0.15) is 0 Å². The minimum Gasteiger partial charge on any atom is -0.469 e. The zero-order valence-corrected chi connectivity index (χ0v) is 11.7. The van der Waals surface area contributed by atoms with Crippen molar-refractivity contribution in [2.75, 3.05) is 7.11 Å². The molecule has 3 rings (SSSR count). The number of para-hydroxylation sites is 1. The summed E-state index contributed by atoms with van der Waals surface area (Å²) in [4.78, 5) is 40.8. The summed E-state index contributed by atoms with van der Waals surface area (Å²) in [5.41, 5.74) is 1.92. The lowest BCUT2D eigenvalue weighted by Gasteiger charge is -2.05. The quantitative estimate of drug-likeness (QED) is 0.623. The molecule has 0 fully saturated rings. The zero-order valence-electron chi connectivity index (χ0n) is 11.7. The van der Waals surface area contributed by atoms with E-state index in [2.05, 4.69) is 9.72 Å². The Morgan fingerprint density at radius 2 is 1.86 bits per heavy atom. The number of carbonyl (C=O) groups excluding carboxylic acids is 3. The molecular weight excluding hydrogens is 270 g/mol. The van der Waals surface area contributed by atoms with E-state index in [-0.39, 0.29) is 18.0 Å². The predicted molar refractivity (Wildman–Crippen MR) is 75.3 cm³/mol. The number of fused-ring (bicyclic) bond motifs is 3. The van der Waals surface area contributed by atoms with E-state index in [0.717, 1.165) is 0 Å². The highest BCUT2D eigenvalue weighted by Crippen LogP contribution is 2.35. The van der Waals surface area contributed by atoms with Crippen LogP contribution in [0.5, 0.6) is 0 Å². The summed E-state index contributed by atoms with van der Waals surface area (Å²) in [5.74, 6) is -2.21. The van der Waals surface area contributed by atoms with Crippen molar-refractivity contribution in [3.8, 4) is 0 Å². The summed E-state index contributed by atoms with van der Waals surface area (Å²) < 4.78 is 4.57. The van der Waals surface area contributed by atoms with Gasteiger partial charge in [-0.1, -0.05) is 18.2 Å². The van der Waals surface area contributed by atoms with Crippen LogP contribution in [-0.2, 0) is 9.53 Å². The van der Waals surface area contributed by atoms with E-state index in [1.165, 1.54) is 7.11 Å².